The summed E-state index contributed by atoms with van der Waals surface area (Å²) in [5.41, 5.74) is 1.09. The van der Waals surface area contributed by atoms with E-state index in [1.165, 1.54) is 7.11 Å². The van der Waals surface area contributed by atoms with Gasteiger partial charge >= 0.3 is 5.97 Å². The van der Waals surface area contributed by atoms with Gasteiger partial charge in [0.25, 0.3) is 0 Å². The maximum absolute atomic E-state index is 11.3. The molecule has 0 saturated carbocycles. The number of methoxy groups -OCH3 is 1. The van der Waals surface area contributed by atoms with Crippen LogP contribution in [0.2, 0.25) is 0 Å². The number of esters is 1. The summed E-state index contributed by atoms with van der Waals surface area (Å²) in [6, 6.07) is 9.83. The highest BCUT2D eigenvalue weighted by Gasteiger charge is 2.13. The van der Waals surface area contributed by atoms with E-state index in [1.54, 1.807) is 11.9 Å². The Kier molecular flexibility index (Phi) is 5.42. The van der Waals surface area contributed by atoms with E-state index in [4.69, 9.17) is 12.2 Å². The van der Waals surface area contributed by atoms with E-state index in [9.17, 15) is 4.79 Å². The van der Waals surface area contributed by atoms with Crippen LogP contribution in [0, 0.1) is 0 Å². The molecule has 0 bridgehead atoms. The molecule has 17 heavy (non-hydrogen) atoms. The van der Waals surface area contributed by atoms with E-state index < -0.39 is 0 Å². The first-order valence-electron chi connectivity index (χ1n) is 5.24. The van der Waals surface area contributed by atoms with Gasteiger partial charge in [0.05, 0.1) is 7.11 Å². The SMILES string of the molecule is CNC(=S)N(CC(=O)OC)Cc1ccccc1. The molecular formula is C12H16N2O2S. The highest BCUT2D eigenvalue weighted by molar-refractivity contribution is 7.80. The van der Waals surface area contributed by atoms with Crippen LogP contribution in [-0.2, 0) is 16.1 Å². The Morgan fingerprint density at radius 1 is 1.41 bits per heavy atom. The van der Waals surface area contributed by atoms with Crippen LogP contribution in [0.1, 0.15) is 5.56 Å². The fourth-order valence-electron chi connectivity index (χ4n) is 1.38. The summed E-state index contributed by atoms with van der Waals surface area (Å²) in [6.07, 6.45) is 0. The molecule has 0 amide bonds. The van der Waals surface area contributed by atoms with Crippen LogP contribution < -0.4 is 5.32 Å². The van der Waals surface area contributed by atoms with Gasteiger partial charge in [-0.15, -0.1) is 0 Å². The first-order chi connectivity index (χ1) is 8.17. The lowest BCUT2D eigenvalue weighted by molar-refractivity contribution is -0.141. The summed E-state index contributed by atoms with van der Waals surface area (Å²) >= 11 is 5.15. The van der Waals surface area contributed by atoms with Crippen molar-refractivity contribution in [1.29, 1.82) is 0 Å². The smallest absolute Gasteiger partial charge is 0.325 e. The number of carbonyl (C=O) groups is 1. The van der Waals surface area contributed by atoms with Gasteiger partial charge in [-0.2, -0.15) is 0 Å². The zero-order valence-electron chi connectivity index (χ0n) is 9.97. The maximum atomic E-state index is 11.3. The fraction of sp³-hybridized carbons (Fsp3) is 0.333. The van der Waals surface area contributed by atoms with Crippen molar-refractivity contribution in [3.63, 3.8) is 0 Å². The van der Waals surface area contributed by atoms with Crippen molar-refractivity contribution >= 4 is 23.3 Å². The van der Waals surface area contributed by atoms with Crippen LogP contribution in [0.3, 0.4) is 0 Å². The summed E-state index contributed by atoms with van der Waals surface area (Å²) in [4.78, 5) is 13.0. The van der Waals surface area contributed by atoms with E-state index in [0.29, 0.717) is 11.7 Å². The third-order valence-corrected chi connectivity index (χ3v) is 2.73. The Bertz CT molecular complexity index is 381. The van der Waals surface area contributed by atoms with E-state index in [2.05, 4.69) is 10.1 Å². The first kappa shape index (κ1) is 13.4. The van der Waals surface area contributed by atoms with E-state index in [0.717, 1.165) is 5.56 Å². The van der Waals surface area contributed by atoms with Crippen molar-refractivity contribution in [3.8, 4) is 0 Å². The van der Waals surface area contributed by atoms with Gasteiger partial charge in [0, 0.05) is 13.6 Å². The molecule has 1 aromatic carbocycles. The Labute approximate surface area is 107 Å². The number of hydrogen-bond acceptors (Lipinski definition) is 3. The number of nitrogens with zero attached hydrogens (tertiary/aromatic N) is 1. The van der Waals surface area contributed by atoms with Crippen molar-refractivity contribution in [1.82, 2.24) is 10.2 Å². The van der Waals surface area contributed by atoms with Gasteiger partial charge in [-0.3, -0.25) is 4.79 Å². The molecule has 1 aromatic rings. The second kappa shape index (κ2) is 6.85. The van der Waals surface area contributed by atoms with E-state index >= 15 is 0 Å². The summed E-state index contributed by atoms with van der Waals surface area (Å²) in [6.45, 7) is 0.723. The summed E-state index contributed by atoms with van der Waals surface area (Å²) in [7, 11) is 3.10. The van der Waals surface area contributed by atoms with Crippen LogP contribution in [0.25, 0.3) is 0 Å². The molecule has 1 N–H and O–H groups in total. The lowest BCUT2D eigenvalue weighted by Crippen LogP contribution is -2.40. The quantitative estimate of drug-likeness (QED) is 0.643. The predicted octanol–water partition coefficient (Wildman–Crippen LogP) is 1.17. The van der Waals surface area contributed by atoms with Crippen molar-refractivity contribution in [3.05, 3.63) is 35.9 Å². The van der Waals surface area contributed by atoms with Crippen LogP contribution in [0.5, 0.6) is 0 Å². The van der Waals surface area contributed by atoms with E-state index in [1.807, 2.05) is 30.3 Å². The lowest BCUT2D eigenvalue weighted by Gasteiger charge is -2.23. The normalized spacial score (nSPS) is 9.53. The minimum absolute atomic E-state index is 0.144. The van der Waals surface area contributed by atoms with Crippen LogP contribution >= 0.6 is 12.2 Å². The second-order valence-electron chi connectivity index (χ2n) is 3.47. The van der Waals surface area contributed by atoms with Crippen LogP contribution in [-0.4, -0.2) is 36.7 Å². The van der Waals surface area contributed by atoms with Crippen LogP contribution in [0.4, 0.5) is 0 Å². The van der Waals surface area contributed by atoms with Gasteiger partial charge < -0.3 is 15.0 Å². The molecule has 0 aliphatic carbocycles. The number of thiocarbonyl (C=S) groups is 1. The van der Waals surface area contributed by atoms with Crippen LogP contribution in [0.15, 0.2) is 30.3 Å². The third-order valence-electron chi connectivity index (χ3n) is 2.26. The Morgan fingerprint density at radius 2 is 2.06 bits per heavy atom. The Hall–Kier alpha value is -1.62. The fourth-order valence-corrected chi connectivity index (χ4v) is 1.51. The summed E-state index contributed by atoms with van der Waals surface area (Å²) < 4.78 is 4.65. The first-order valence-corrected chi connectivity index (χ1v) is 5.65. The summed E-state index contributed by atoms with van der Waals surface area (Å²) in [5, 5.41) is 3.39. The number of ether oxygens (including phenoxy) is 1. The number of carbonyl (C=O) groups excluding carboxylic acids is 1. The molecule has 0 unspecified atom stereocenters. The summed E-state index contributed by atoms with van der Waals surface area (Å²) in [5.74, 6) is -0.307. The number of nitrogens with one attached hydrogen (secondary N) is 1. The van der Waals surface area contributed by atoms with Gasteiger partial charge in [0.15, 0.2) is 5.11 Å². The molecule has 0 saturated heterocycles. The van der Waals surface area contributed by atoms with Crippen molar-refractivity contribution in [2.75, 3.05) is 20.7 Å². The average molecular weight is 252 g/mol. The molecule has 0 aliphatic rings. The highest BCUT2D eigenvalue weighted by atomic mass is 32.1. The van der Waals surface area contributed by atoms with Crippen molar-refractivity contribution in [2.24, 2.45) is 0 Å². The van der Waals surface area contributed by atoms with Gasteiger partial charge in [0.2, 0.25) is 0 Å². The largest absolute Gasteiger partial charge is 0.468 e. The minimum atomic E-state index is -0.307. The molecule has 0 heterocycles. The van der Waals surface area contributed by atoms with Crippen molar-refractivity contribution in [2.45, 2.75) is 6.54 Å². The molecule has 1 rings (SSSR count). The number of rotatable bonds is 4. The molecule has 0 radical (unpaired) electrons. The molecule has 92 valence electrons. The zero-order valence-corrected chi connectivity index (χ0v) is 10.8. The predicted molar refractivity (Wildman–Crippen MR) is 70.5 cm³/mol. The van der Waals surface area contributed by atoms with Gasteiger partial charge in [-0.05, 0) is 17.8 Å². The number of benzene rings is 1. The Morgan fingerprint density at radius 3 is 2.59 bits per heavy atom. The van der Waals surface area contributed by atoms with Crippen molar-refractivity contribution < 1.29 is 9.53 Å². The molecule has 0 spiro atoms. The minimum Gasteiger partial charge on any atom is -0.468 e. The lowest BCUT2D eigenvalue weighted by atomic mass is 10.2. The standard InChI is InChI=1S/C12H16N2O2S/c1-13-12(17)14(9-11(15)16-2)8-10-6-4-3-5-7-10/h3-7H,8-9H2,1-2H3,(H,13,17). The second-order valence-corrected chi connectivity index (χ2v) is 3.86. The number of hydrogen-bond donors (Lipinski definition) is 1. The van der Waals surface area contributed by atoms with E-state index in [-0.39, 0.29) is 12.5 Å². The maximum Gasteiger partial charge on any atom is 0.325 e. The molecule has 0 atom stereocenters. The molecular weight excluding hydrogens is 236 g/mol. The molecule has 5 heteroatoms. The monoisotopic (exact) mass is 252 g/mol. The zero-order chi connectivity index (χ0) is 12.7. The molecule has 4 nitrogen and oxygen atoms in total. The van der Waals surface area contributed by atoms with Gasteiger partial charge in [-0.25, -0.2) is 0 Å². The average Bonchev–Trinajstić information content (AvgIpc) is 2.38. The topological polar surface area (TPSA) is 41.6 Å². The molecule has 0 fully saturated rings. The molecule has 0 aliphatic heterocycles. The van der Waals surface area contributed by atoms with Gasteiger partial charge in [-0.1, -0.05) is 30.3 Å². The third kappa shape index (κ3) is 4.40. The van der Waals surface area contributed by atoms with Gasteiger partial charge in [0.1, 0.15) is 6.54 Å². The highest BCUT2D eigenvalue weighted by Crippen LogP contribution is 2.04. The molecule has 0 aromatic heterocycles. The Balaban J connectivity index is 2.70.